The smallest absolute Gasteiger partial charge is 0.338 e. The number of rotatable bonds is 7. The maximum atomic E-state index is 12.7. The highest BCUT2D eigenvalue weighted by molar-refractivity contribution is 5.89. The van der Waals surface area contributed by atoms with E-state index >= 15 is 0 Å². The molecule has 1 aliphatic heterocycles. The van der Waals surface area contributed by atoms with Crippen molar-refractivity contribution in [2.45, 2.75) is 69.1 Å². The Kier molecular flexibility index (Phi) is 6.57. The van der Waals surface area contributed by atoms with E-state index in [1.165, 1.54) is 10.1 Å². The Morgan fingerprint density at radius 1 is 1.05 bits per heavy atom. The molecular weight excluding hydrogens is 484 g/mol. The number of aromatic nitrogens is 2. The summed E-state index contributed by atoms with van der Waals surface area (Å²) in [6.45, 7) is 7.09. The Hall–Kier alpha value is -3.28. The minimum Gasteiger partial charge on any atom is -0.338 e. The van der Waals surface area contributed by atoms with Gasteiger partial charge in [0.05, 0.1) is 11.2 Å². The summed E-state index contributed by atoms with van der Waals surface area (Å²) in [5.41, 5.74) is 12.9. The van der Waals surface area contributed by atoms with Crippen LogP contribution < -0.4 is 27.8 Å². The first-order valence-electron chi connectivity index (χ1n) is 13.2. The number of nitrogens with one attached hydrogen (secondary N) is 2. The summed E-state index contributed by atoms with van der Waals surface area (Å²) < 4.78 is 1.45. The lowest BCUT2D eigenvalue weighted by molar-refractivity contribution is -0.137. The van der Waals surface area contributed by atoms with Gasteiger partial charge in [0.1, 0.15) is 5.82 Å². The third-order valence-corrected chi connectivity index (χ3v) is 7.82. The summed E-state index contributed by atoms with van der Waals surface area (Å²) in [5.74, 6) is 0.0408. The van der Waals surface area contributed by atoms with E-state index in [1.54, 1.807) is 35.9 Å². The highest BCUT2D eigenvalue weighted by Crippen LogP contribution is 2.58. The van der Waals surface area contributed by atoms with E-state index in [1.807, 2.05) is 24.3 Å². The molecule has 2 aromatic rings. The quantitative estimate of drug-likeness (QED) is 0.420. The monoisotopic (exact) mass is 522 g/mol. The average Bonchev–Trinajstić information content (AvgIpc) is 2.82. The van der Waals surface area contributed by atoms with Crippen LogP contribution in [0.15, 0.2) is 41.3 Å². The van der Waals surface area contributed by atoms with Gasteiger partial charge in [0.2, 0.25) is 5.91 Å². The highest BCUT2D eigenvalue weighted by Gasteiger charge is 2.65. The Balaban J connectivity index is 1.14. The van der Waals surface area contributed by atoms with Crippen LogP contribution in [0.2, 0.25) is 0 Å². The number of hydrogen-bond donors (Lipinski definition) is 4. The van der Waals surface area contributed by atoms with Crippen molar-refractivity contribution >= 4 is 17.8 Å². The van der Waals surface area contributed by atoms with Crippen molar-refractivity contribution in [3.05, 3.63) is 52.6 Å². The van der Waals surface area contributed by atoms with Gasteiger partial charge in [0, 0.05) is 49.5 Å². The van der Waals surface area contributed by atoms with Crippen molar-refractivity contribution in [1.29, 1.82) is 0 Å². The maximum absolute atomic E-state index is 12.7. The van der Waals surface area contributed by atoms with Crippen LogP contribution in [0.5, 0.6) is 0 Å². The number of piperazine rings is 1. The van der Waals surface area contributed by atoms with Crippen LogP contribution >= 0.6 is 0 Å². The van der Waals surface area contributed by atoms with Gasteiger partial charge in [-0.15, -0.1) is 0 Å². The Bertz CT molecular complexity index is 1250. The first-order chi connectivity index (χ1) is 17.8. The molecule has 11 heteroatoms. The summed E-state index contributed by atoms with van der Waals surface area (Å²) in [6, 6.07) is 9.45. The van der Waals surface area contributed by atoms with E-state index in [2.05, 4.69) is 22.5 Å². The molecule has 1 unspecified atom stereocenters. The molecule has 1 saturated heterocycles. The molecule has 38 heavy (non-hydrogen) atoms. The number of benzene rings is 1. The van der Waals surface area contributed by atoms with E-state index in [0.29, 0.717) is 37.9 Å². The fourth-order valence-corrected chi connectivity index (χ4v) is 6.12. The second-order valence-electron chi connectivity index (χ2n) is 12.0. The van der Waals surface area contributed by atoms with Gasteiger partial charge in [-0.3, -0.25) is 14.7 Å². The Morgan fingerprint density at radius 2 is 1.66 bits per heavy atom. The molecule has 1 aromatic heterocycles. The number of amides is 3. The zero-order valence-corrected chi connectivity index (χ0v) is 22.4. The molecule has 4 fully saturated rings. The number of carbonyl (C=O) groups is 2. The van der Waals surface area contributed by atoms with E-state index in [-0.39, 0.29) is 28.8 Å². The lowest BCUT2D eigenvalue weighted by Gasteiger charge is -2.70. The lowest BCUT2D eigenvalue weighted by atomic mass is 9.44. The zero-order chi connectivity index (χ0) is 27.3. The third-order valence-electron chi connectivity index (χ3n) is 7.82. The van der Waals surface area contributed by atoms with Crippen LogP contribution in [0.1, 0.15) is 45.6 Å². The summed E-state index contributed by atoms with van der Waals surface area (Å²) >= 11 is 0. The molecular formula is C27H38N8O3. The van der Waals surface area contributed by atoms with Gasteiger partial charge in [0.25, 0.3) is 0 Å². The predicted molar refractivity (Wildman–Crippen MR) is 145 cm³/mol. The summed E-state index contributed by atoms with van der Waals surface area (Å²) in [4.78, 5) is 45.0. The number of nitrogens with two attached hydrogens (primary N) is 2. The first-order valence-corrected chi connectivity index (χ1v) is 13.2. The van der Waals surface area contributed by atoms with Crippen LogP contribution in [0, 0.1) is 0 Å². The van der Waals surface area contributed by atoms with Gasteiger partial charge in [-0.1, -0.05) is 12.1 Å². The number of urea groups is 1. The number of anilines is 1. The predicted octanol–water partition coefficient (Wildman–Crippen LogP) is 0.800. The fourth-order valence-electron chi connectivity index (χ4n) is 6.12. The van der Waals surface area contributed by atoms with Gasteiger partial charge in [-0.05, 0) is 70.2 Å². The van der Waals surface area contributed by atoms with E-state index < -0.39 is 11.2 Å². The second kappa shape index (κ2) is 9.48. The molecule has 11 nitrogen and oxygen atoms in total. The van der Waals surface area contributed by atoms with Gasteiger partial charge >= 0.3 is 11.7 Å². The molecule has 204 valence electrons. The summed E-state index contributed by atoms with van der Waals surface area (Å²) in [7, 11) is 0. The van der Waals surface area contributed by atoms with E-state index in [0.717, 1.165) is 25.7 Å². The van der Waals surface area contributed by atoms with E-state index in [4.69, 9.17) is 11.5 Å². The van der Waals surface area contributed by atoms with Crippen molar-refractivity contribution in [3.63, 3.8) is 0 Å². The first kappa shape index (κ1) is 26.3. The van der Waals surface area contributed by atoms with Crippen LogP contribution in [0.4, 0.5) is 10.6 Å². The molecule has 3 aliphatic carbocycles. The molecule has 2 bridgehead atoms. The Labute approximate surface area is 222 Å². The number of nitrogens with zero attached hydrogens (tertiary/aromatic N) is 4. The van der Waals surface area contributed by atoms with Crippen molar-refractivity contribution in [2.75, 3.05) is 31.5 Å². The molecule has 2 heterocycles. The van der Waals surface area contributed by atoms with Crippen molar-refractivity contribution < 1.29 is 9.59 Å². The van der Waals surface area contributed by atoms with Crippen LogP contribution in [-0.4, -0.2) is 80.1 Å². The molecule has 1 aromatic carbocycles. The van der Waals surface area contributed by atoms with Gasteiger partial charge in [-0.2, -0.15) is 4.98 Å². The van der Waals surface area contributed by atoms with Crippen LogP contribution in [0.25, 0.3) is 5.69 Å². The van der Waals surface area contributed by atoms with Crippen LogP contribution in [-0.2, 0) is 11.2 Å². The standard InChI is InChI=1S/C27H38N8O3/c1-18(32-27-15-26(29,16-27)17-27)14-19-4-6-20(7-5-19)35-9-8-21(31-24(35)38)30-23(37)34-12-10-33(11-13-34)22(36)25(2,3)28/h4-9,18,32H,10-17,28-29H2,1-3H3,(H,30,31,37,38). The van der Waals surface area contributed by atoms with Crippen molar-refractivity contribution in [1.82, 2.24) is 24.7 Å². The molecule has 0 spiro atoms. The van der Waals surface area contributed by atoms with Gasteiger partial charge in [0.15, 0.2) is 0 Å². The third kappa shape index (κ3) is 5.31. The molecule has 3 saturated carbocycles. The molecule has 0 radical (unpaired) electrons. The van der Waals surface area contributed by atoms with Gasteiger partial charge in [-0.25, -0.2) is 9.59 Å². The SMILES string of the molecule is CC(Cc1ccc(-n2ccc(NC(=O)N3CCN(C(=O)C(C)(C)N)CC3)nc2=O)cc1)NC12CC(N)(C1)C2. The fraction of sp³-hybridized carbons (Fsp3) is 0.556. The summed E-state index contributed by atoms with van der Waals surface area (Å²) in [6.07, 6.45) is 5.71. The molecule has 1 atom stereocenters. The second-order valence-corrected chi connectivity index (χ2v) is 12.0. The minimum atomic E-state index is -0.946. The lowest BCUT2D eigenvalue weighted by Crippen LogP contribution is -2.82. The van der Waals surface area contributed by atoms with Crippen molar-refractivity contribution in [2.24, 2.45) is 11.5 Å². The highest BCUT2D eigenvalue weighted by atomic mass is 16.2. The average molecular weight is 523 g/mol. The largest absolute Gasteiger partial charge is 0.354 e. The van der Waals surface area contributed by atoms with Crippen LogP contribution in [0.3, 0.4) is 0 Å². The topological polar surface area (TPSA) is 152 Å². The zero-order valence-electron chi connectivity index (χ0n) is 22.4. The number of carbonyl (C=O) groups excluding carboxylic acids is 2. The van der Waals surface area contributed by atoms with Gasteiger partial charge < -0.3 is 26.6 Å². The number of hydrogen-bond acceptors (Lipinski definition) is 7. The normalized spacial score (nSPS) is 25.3. The molecule has 4 aliphatic rings. The maximum Gasteiger partial charge on any atom is 0.354 e. The van der Waals surface area contributed by atoms with Crippen molar-refractivity contribution in [3.8, 4) is 5.69 Å². The summed E-state index contributed by atoms with van der Waals surface area (Å²) in [5, 5.41) is 6.43. The molecule has 6 rings (SSSR count). The molecule has 3 amide bonds. The molecule has 6 N–H and O–H groups in total. The Morgan fingerprint density at radius 3 is 2.21 bits per heavy atom. The van der Waals surface area contributed by atoms with E-state index in [9.17, 15) is 14.4 Å². The minimum absolute atomic E-state index is 0.0906.